The van der Waals surface area contributed by atoms with E-state index in [0.717, 1.165) is 0 Å². The van der Waals surface area contributed by atoms with E-state index in [2.05, 4.69) is 10.6 Å². The van der Waals surface area contributed by atoms with Crippen molar-refractivity contribution in [1.82, 2.24) is 10.6 Å². The molecule has 2 amide bonds. The zero-order valence-corrected chi connectivity index (χ0v) is 10.7. The lowest BCUT2D eigenvalue weighted by Crippen LogP contribution is -2.39. The first kappa shape index (κ1) is 14.1. The van der Waals surface area contributed by atoms with Crippen LogP contribution in [0.4, 0.5) is 4.79 Å². The van der Waals surface area contributed by atoms with Gasteiger partial charge in [0.15, 0.2) is 0 Å². The number of carbonyl (C=O) groups is 2. The quantitative estimate of drug-likeness (QED) is 0.764. The fraction of sp³-hybridized carbons (Fsp3) is 0.500. The number of aromatic carboxylic acids is 1. The monoisotopic (exact) mass is 254 g/mol. The van der Waals surface area contributed by atoms with Gasteiger partial charge < -0.3 is 20.2 Å². The number of furan rings is 1. The normalized spacial score (nSPS) is 11.1. The van der Waals surface area contributed by atoms with E-state index < -0.39 is 5.97 Å². The van der Waals surface area contributed by atoms with Crippen molar-refractivity contribution in [2.24, 2.45) is 5.41 Å². The molecule has 3 N–H and O–H groups in total. The van der Waals surface area contributed by atoms with Crippen molar-refractivity contribution in [1.29, 1.82) is 0 Å². The molecule has 0 aliphatic rings. The first-order chi connectivity index (χ1) is 8.28. The summed E-state index contributed by atoms with van der Waals surface area (Å²) in [6.07, 6.45) is 0. The van der Waals surface area contributed by atoms with Gasteiger partial charge in [0.2, 0.25) is 5.76 Å². The number of carboxylic acids is 1. The predicted octanol–water partition coefficient (Wildman–Crippen LogP) is 1.82. The van der Waals surface area contributed by atoms with Gasteiger partial charge in [0.25, 0.3) is 0 Å². The lowest BCUT2D eigenvalue weighted by atomic mass is 9.97. The molecule has 0 aromatic carbocycles. The number of carbonyl (C=O) groups excluding carboxylic acids is 1. The van der Waals surface area contributed by atoms with Crippen molar-refractivity contribution in [2.45, 2.75) is 27.3 Å². The molecule has 0 aliphatic heterocycles. The van der Waals surface area contributed by atoms with Gasteiger partial charge in [-0.25, -0.2) is 9.59 Å². The van der Waals surface area contributed by atoms with Crippen LogP contribution < -0.4 is 10.6 Å². The molecule has 0 saturated carbocycles. The van der Waals surface area contributed by atoms with E-state index in [9.17, 15) is 9.59 Å². The molecule has 1 aromatic heterocycles. The van der Waals surface area contributed by atoms with E-state index in [0.29, 0.717) is 12.3 Å². The Kier molecular flexibility index (Phi) is 4.36. The lowest BCUT2D eigenvalue weighted by Gasteiger charge is -2.18. The molecule has 0 spiro atoms. The summed E-state index contributed by atoms with van der Waals surface area (Å²) in [4.78, 5) is 22.0. The Hall–Kier alpha value is -1.98. The predicted molar refractivity (Wildman–Crippen MR) is 65.4 cm³/mol. The van der Waals surface area contributed by atoms with E-state index in [-0.39, 0.29) is 23.8 Å². The van der Waals surface area contributed by atoms with Gasteiger partial charge in [0.1, 0.15) is 5.76 Å². The highest BCUT2D eigenvalue weighted by molar-refractivity contribution is 5.84. The number of rotatable bonds is 4. The van der Waals surface area contributed by atoms with Gasteiger partial charge in [-0.2, -0.15) is 0 Å². The zero-order chi connectivity index (χ0) is 13.8. The molecule has 0 fully saturated rings. The van der Waals surface area contributed by atoms with Crippen molar-refractivity contribution in [3.05, 3.63) is 23.7 Å². The van der Waals surface area contributed by atoms with Crippen LogP contribution in [0.5, 0.6) is 0 Å². The third-order valence-corrected chi connectivity index (χ3v) is 2.07. The Balaban J connectivity index is 2.36. The minimum atomic E-state index is -1.13. The van der Waals surface area contributed by atoms with Gasteiger partial charge in [0, 0.05) is 6.54 Å². The lowest BCUT2D eigenvalue weighted by molar-refractivity contribution is 0.0660. The van der Waals surface area contributed by atoms with Crippen LogP contribution in [0.2, 0.25) is 0 Å². The second kappa shape index (κ2) is 5.57. The van der Waals surface area contributed by atoms with E-state index in [1.165, 1.54) is 12.1 Å². The number of urea groups is 1. The molecule has 6 nitrogen and oxygen atoms in total. The Bertz CT molecular complexity index is 432. The third-order valence-electron chi connectivity index (χ3n) is 2.07. The van der Waals surface area contributed by atoms with Crippen LogP contribution in [0.15, 0.2) is 16.5 Å². The summed E-state index contributed by atoms with van der Waals surface area (Å²) in [5, 5.41) is 14.0. The highest BCUT2D eigenvalue weighted by Crippen LogP contribution is 2.10. The fourth-order valence-electron chi connectivity index (χ4n) is 1.16. The average Bonchev–Trinajstić information content (AvgIpc) is 2.71. The number of hydrogen-bond donors (Lipinski definition) is 3. The Morgan fingerprint density at radius 2 is 1.94 bits per heavy atom. The second-order valence-corrected chi connectivity index (χ2v) is 5.17. The number of amides is 2. The topological polar surface area (TPSA) is 91.6 Å². The Morgan fingerprint density at radius 1 is 1.28 bits per heavy atom. The summed E-state index contributed by atoms with van der Waals surface area (Å²) >= 11 is 0. The smallest absolute Gasteiger partial charge is 0.371 e. The van der Waals surface area contributed by atoms with Gasteiger partial charge in [-0.3, -0.25) is 0 Å². The molecular weight excluding hydrogens is 236 g/mol. The van der Waals surface area contributed by atoms with Crippen molar-refractivity contribution >= 4 is 12.0 Å². The summed E-state index contributed by atoms with van der Waals surface area (Å²) in [6.45, 7) is 6.75. The Labute approximate surface area is 105 Å². The van der Waals surface area contributed by atoms with Crippen molar-refractivity contribution in [3.8, 4) is 0 Å². The molecule has 0 bridgehead atoms. The summed E-state index contributed by atoms with van der Waals surface area (Å²) in [7, 11) is 0. The largest absolute Gasteiger partial charge is 0.475 e. The van der Waals surface area contributed by atoms with Gasteiger partial charge in [0.05, 0.1) is 6.54 Å². The van der Waals surface area contributed by atoms with Crippen LogP contribution in [-0.2, 0) is 6.54 Å². The van der Waals surface area contributed by atoms with Crippen LogP contribution in [0, 0.1) is 5.41 Å². The van der Waals surface area contributed by atoms with E-state index in [1.54, 1.807) is 0 Å². The summed E-state index contributed by atoms with van der Waals surface area (Å²) in [5.41, 5.74) is 0.0124. The van der Waals surface area contributed by atoms with Gasteiger partial charge in [-0.15, -0.1) is 0 Å². The molecular formula is C12H18N2O4. The van der Waals surface area contributed by atoms with Gasteiger partial charge in [-0.05, 0) is 17.5 Å². The maximum absolute atomic E-state index is 11.4. The zero-order valence-electron chi connectivity index (χ0n) is 10.7. The summed E-state index contributed by atoms with van der Waals surface area (Å²) in [5.74, 6) is -0.862. The third kappa shape index (κ3) is 4.90. The van der Waals surface area contributed by atoms with Crippen LogP contribution in [0.1, 0.15) is 37.1 Å². The van der Waals surface area contributed by atoms with Crippen molar-refractivity contribution in [3.63, 3.8) is 0 Å². The minimum absolute atomic E-state index is 0.0124. The van der Waals surface area contributed by atoms with E-state index >= 15 is 0 Å². The number of nitrogens with one attached hydrogen (secondary N) is 2. The standard InChI is InChI=1S/C12H18N2O4/c1-12(2,3)7-14-11(17)13-6-8-4-5-9(18-8)10(15)16/h4-5H,6-7H2,1-3H3,(H,15,16)(H2,13,14,17). The molecule has 0 saturated heterocycles. The SMILES string of the molecule is CC(C)(C)CNC(=O)NCc1ccc(C(=O)O)o1. The molecule has 0 aliphatic carbocycles. The molecule has 0 unspecified atom stereocenters. The number of hydrogen-bond acceptors (Lipinski definition) is 3. The van der Waals surface area contributed by atoms with Crippen LogP contribution in [0.25, 0.3) is 0 Å². The molecule has 18 heavy (non-hydrogen) atoms. The molecule has 6 heteroatoms. The molecule has 0 atom stereocenters. The number of carboxylic acid groups (broad SMARTS) is 1. The second-order valence-electron chi connectivity index (χ2n) is 5.17. The molecule has 100 valence electrons. The van der Waals surface area contributed by atoms with Crippen LogP contribution in [0.3, 0.4) is 0 Å². The molecule has 1 aromatic rings. The van der Waals surface area contributed by atoms with Gasteiger partial charge >= 0.3 is 12.0 Å². The first-order valence-corrected chi connectivity index (χ1v) is 5.62. The Morgan fingerprint density at radius 3 is 2.44 bits per heavy atom. The molecule has 1 heterocycles. The summed E-state index contributed by atoms with van der Waals surface area (Å²) in [6, 6.07) is 2.57. The van der Waals surface area contributed by atoms with E-state index in [1.807, 2.05) is 20.8 Å². The molecule has 1 rings (SSSR count). The van der Waals surface area contributed by atoms with Gasteiger partial charge in [-0.1, -0.05) is 20.8 Å². The maximum Gasteiger partial charge on any atom is 0.371 e. The maximum atomic E-state index is 11.4. The average molecular weight is 254 g/mol. The fourth-order valence-corrected chi connectivity index (χ4v) is 1.16. The van der Waals surface area contributed by atoms with Crippen molar-refractivity contribution < 1.29 is 19.1 Å². The van der Waals surface area contributed by atoms with Crippen LogP contribution in [-0.4, -0.2) is 23.7 Å². The van der Waals surface area contributed by atoms with Crippen LogP contribution >= 0.6 is 0 Å². The summed E-state index contributed by atoms with van der Waals surface area (Å²) < 4.78 is 5.00. The highest BCUT2D eigenvalue weighted by atomic mass is 16.4. The first-order valence-electron chi connectivity index (χ1n) is 5.62. The highest BCUT2D eigenvalue weighted by Gasteiger charge is 2.12. The van der Waals surface area contributed by atoms with Crippen molar-refractivity contribution in [2.75, 3.05) is 6.54 Å². The minimum Gasteiger partial charge on any atom is -0.475 e. The van der Waals surface area contributed by atoms with E-state index in [4.69, 9.17) is 9.52 Å². The molecule has 0 radical (unpaired) electrons.